The molecule has 0 aliphatic heterocycles. The number of nitrogens with zero attached hydrogens (tertiary/aromatic N) is 3. The van der Waals surface area contributed by atoms with E-state index in [0.717, 1.165) is 0 Å². The summed E-state index contributed by atoms with van der Waals surface area (Å²) in [6.45, 7) is 1.77. The van der Waals surface area contributed by atoms with E-state index in [0.29, 0.717) is 10.9 Å². The average Bonchev–Trinajstić information content (AvgIpc) is 2.21. The highest BCUT2D eigenvalue weighted by Gasteiger charge is 2.06. The van der Waals surface area contributed by atoms with E-state index in [2.05, 4.69) is 16.2 Å². The number of nitrogens with one attached hydrogen (secondary N) is 1. The second kappa shape index (κ2) is 4.79. The van der Waals surface area contributed by atoms with Gasteiger partial charge in [0.25, 0.3) is 0 Å². The maximum atomic E-state index is 11.0. The van der Waals surface area contributed by atoms with Gasteiger partial charge in [-0.25, -0.2) is 0 Å². The van der Waals surface area contributed by atoms with Gasteiger partial charge in [-0.05, 0) is 6.92 Å². The molecule has 80 valence electrons. The summed E-state index contributed by atoms with van der Waals surface area (Å²) in [5.74, 6) is 0.404. The summed E-state index contributed by atoms with van der Waals surface area (Å²) in [6, 6.07) is 2.07. The predicted octanol–water partition coefficient (Wildman–Crippen LogP) is -0.280. The minimum absolute atomic E-state index is 0.126. The van der Waals surface area contributed by atoms with Gasteiger partial charge in [-0.1, -0.05) is 11.8 Å². The van der Waals surface area contributed by atoms with Crippen molar-refractivity contribution in [3.05, 3.63) is 20.7 Å². The van der Waals surface area contributed by atoms with Crippen LogP contribution < -0.4 is 11.1 Å². The summed E-state index contributed by atoms with van der Waals surface area (Å²) in [5.41, 5.74) is -1.55. The first-order chi connectivity index (χ1) is 7.04. The summed E-state index contributed by atoms with van der Waals surface area (Å²) in [5, 5.41) is 11.3. The third-order valence-electron chi connectivity index (χ3n) is 1.63. The van der Waals surface area contributed by atoms with Crippen molar-refractivity contribution in [3.8, 4) is 6.07 Å². The standard InChI is InChI=1S/C8H10N4O2S/c1-5(3-9)4-15-8-10-6(13)7(14)11-12(8)2/h5H,4H2,1-2H3,(H,11,14). The minimum atomic E-state index is -0.805. The van der Waals surface area contributed by atoms with Gasteiger partial charge in [0.2, 0.25) is 0 Å². The molecule has 6 nitrogen and oxygen atoms in total. The van der Waals surface area contributed by atoms with Gasteiger partial charge in [0.05, 0.1) is 12.0 Å². The Hall–Kier alpha value is -1.55. The quantitative estimate of drug-likeness (QED) is 0.565. The average molecular weight is 226 g/mol. The zero-order valence-corrected chi connectivity index (χ0v) is 9.17. The molecule has 0 radical (unpaired) electrons. The summed E-state index contributed by atoms with van der Waals surface area (Å²) in [4.78, 5) is 25.4. The number of rotatable bonds is 3. The molecule has 0 aromatic carbocycles. The fourth-order valence-corrected chi connectivity index (χ4v) is 1.69. The lowest BCUT2D eigenvalue weighted by Gasteiger charge is -2.05. The van der Waals surface area contributed by atoms with E-state index in [-0.39, 0.29) is 5.92 Å². The van der Waals surface area contributed by atoms with Crippen molar-refractivity contribution in [3.63, 3.8) is 0 Å². The van der Waals surface area contributed by atoms with Crippen LogP contribution in [0.15, 0.2) is 14.7 Å². The van der Waals surface area contributed by atoms with Crippen molar-refractivity contribution >= 4 is 11.8 Å². The third-order valence-corrected chi connectivity index (χ3v) is 2.92. The molecule has 1 heterocycles. The SMILES string of the molecule is CC(C#N)CSc1nc(=O)c(=O)[nH]n1C. The Bertz CT molecular complexity index is 499. The van der Waals surface area contributed by atoms with Crippen molar-refractivity contribution in [2.24, 2.45) is 13.0 Å². The first-order valence-electron chi connectivity index (χ1n) is 4.24. The Kier molecular flexibility index (Phi) is 3.68. The Morgan fingerprint density at radius 3 is 2.93 bits per heavy atom. The number of aryl methyl sites for hydroxylation is 1. The molecule has 0 saturated heterocycles. The molecule has 0 saturated carbocycles. The van der Waals surface area contributed by atoms with Crippen LogP contribution >= 0.6 is 11.8 Å². The zero-order valence-electron chi connectivity index (χ0n) is 8.35. The number of aromatic nitrogens is 3. The summed E-state index contributed by atoms with van der Waals surface area (Å²) in [6.07, 6.45) is 0. The highest BCUT2D eigenvalue weighted by atomic mass is 32.2. The van der Waals surface area contributed by atoms with Crippen LogP contribution in [0.5, 0.6) is 0 Å². The number of aromatic amines is 1. The highest BCUT2D eigenvalue weighted by molar-refractivity contribution is 7.99. The van der Waals surface area contributed by atoms with E-state index < -0.39 is 11.1 Å². The maximum absolute atomic E-state index is 11.0. The smallest absolute Gasteiger partial charge is 0.265 e. The van der Waals surface area contributed by atoms with E-state index in [1.165, 1.54) is 16.4 Å². The second-order valence-corrected chi connectivity index (χ2v) is 4.03. The monoisotopic (exact) mass is 226 g/mol. The Morgan fingerprint density at radius 1 is 1.67 bits per heavy atom. The summed E-state index contributed by atoms with van der Waals surface area (Å²) < 4.78 is 1.37. The second-order valence-electron chi connectivity index (χ2n) is 3.04. The van der Waals surface area contributed by atoms with Crippen molar-refractivity contribution < 1.29 is 0 Å². The van der Waals surface area contributed by atoms with Gasteiger partial charge in [0, 0.05) is 12.8 Å². The van der Waals surface area contributed by atoms with E-state index in [1.54, 1.807) is 14.0 Å². The molecule has 0 spiro atoms. The fraction of sp³-hybridized carbons (Fsp3) is 0.500. The van der Waals surface area contributed by atoms with Crippen molar-refractivity contribution in [1.29, 1.82) is 5.26 Å². The molecule has 15 heavy (non-hydrogen) atoms. The van der Waals surface area contributed by atoms with Crippen LogP contribution in [0.2, 0.25) is 0 Å². The van der Waals surface area contributed by atoms with Crippen LogP contribution in [-0.2, 0) is 7.05 Å². The van der Waals surface area contributed by atoms with E-state index in [1.807, 2.05) is 0 Å². The fourth-order valence-electron chi connectivity index (χ4n) is 0.827. The molecular weight excluding hydrogens is 216 g/mol. The lowest BCUT2D eigenvalue weighted by atomic mass is 10.3. The molecule has 1 unspecified atom stereocenters. The molecule has 7 heteroatoms. The van der Waals surface area contributed by atoms with Crippen LogP contribution in [0.3, 0.4) is 0 Å². The predicted molar refractivity (Wildman–Crippen MR) is 55.6 cm³/mol. The molecule has 1 rings (SSSR count). The topological polar surface area (TPSA) is 91.5 Å². The maximum Gasteiger partial charge on any atom is 0.339 e. The Balaban J connectivity index is 2.88. The number of H-pyrrole nitrogens is 1. The van der Waals surface area contributed by atoms with Gasteiger partial charge in [-0.15, -0.1) is 0 Å². The molecule has 1 aromatic rings. The summed E-state index contributed by atoms with van der Waals surface area (Å²) in [7, 11) is 1.59. The number of hydrogen-bond donors (Lipinski definition) is 1. The van der Waals surface area contributed by atoms with Gasteiger partial charge in [0.15, 0.2) is 5.16 Å². The highest BCUT2D eigenvalue weighted by Crippen LogP contribution is 2.14. The largest absolute Gasteiger partial charge is 0.339 e. The van der Waals surface area contributed by atoms with Crippen LogP contribution in [0.4, 0.5) is 0 Å². The van der Waals surface area contributed by atoms with E-state index in [9.17, 15) is 9.59 Å². The molecular formula is C8H10N4O2S. The molecule has 1 N–H and O–H groups in total. The van der Waals surface area contributed by atoms with Gasteiger partial charge < -0.3 is 0 Å². The van der Waals surface area contributed by atoms with E-state index in [4.69, 9.17) is 5.26 Å². The van der Waals surface area contributed by atoms with Gasteiger partial charge in [-0.3, -0.25) is 19.4 Å². The van der Waals surface area contributed by atoms with E-state index >= 15 is 0 Å². The van der Waals surface area contributed by atoms with Gasteiger partial charge >= 0.3 is 11.1 Å². The van der Waals surface area contributed by atoms with Crippen molar-refractivity contribution in [2.45, 2.75) is 12.1 Å². The van der Waals surface area contributed by atoms with Gasteiger partial charge in [0.1, 0.15) is 0 Å². The first kappa shape index (κ1) is 11.5. The van der Waals surface area contributed by atoms with Crippen molar-refractivity contribution in [2.75, 3.05) is 5.75 Å². The van der Waals surface area contributed by atoms with Crippen LogP contribution in [0.25, 0.3) is 0 Å². The normalized spacial score (nSPS) is 12.1. The molecule has 0 aliphatic carbocycles. The Labute approximate surface area is 89.9 Å². The lowest BCUT2D eigenvalue weighted by Crippen LogP contribution is -2.33. The molecule has 1 atom stereocenters. The van der Waals surface area contributed by atoms with Crippen LogP contribution in [0.1, 0.15) is 6.92 Å². The number of nitriles is 1. The van der Waals surface area contributed by atoms with Crippen LogP contribution in [-0.4, -0.2) is 20.5 Å². The van der Waals surface area contributed by atoms with Crippen molar-refractivity contribution in [1.82, 2.24) is 14.8 Å². The van der Waals surface area contributed by atoms with Crippen LogP contribution in [0, 0.1) is 17.2 Å². The molecule has 0 bridgehead atoms. The number of thioether (sulfide) groups is 1. The minimum Gasteiger partial charge on any atom is -0.265 e. The number of hydrogen-bond acceptors (Lipinski definition) is 5. The molecule has 0 amide bonds. The molecule has 0 fully saturated rings. The summed E-state index contributed by atoms with van der Waals surface area (Å²) >= 11 is 1.26. The molecule has 0 aliphatic rings. The Morgan fingerprint density at radius 2 is 2.33 bits per heavy atom. The third kappa shape index (κ3) is 2.95. The first-order valence-corrected chi connectivity index (χ1v) is 5.23. The zero-order chi connectivity index (χ0) is 11.4. The lowest BCUT2D eigenvalue weighted by molar-refractivity contribution is 0.595. The van der Waals surface area contributed by atoms with Gasteiger partial charge in [-0.2, -0.15) is 10.2 Å². The molecule has 1 aromatic heterocycles.